The minimum Gasteiger partial charge on any atom is -0.507 e. The molecule has 3 N–H and O–H groups in total. The summed E-state index contributed by atoms with van der Waals surface area (Å²) >= 11 is 5.11. The van der Waals surface area contributed by atoms with Crippen LogP contribution in [0.25, 0.3) is 0 Å². The van der Waals surface area contributed by atoms with E-state index in [-0.39, 0.29) is 16.7 Å². The lowest BCUT2D eigenvalue weighted by molar-refractivity contribution is 0.474. The number of hydrogen-bond donors (Lipinski definition) is 3. The van der Waals surface area contributed by atoms with Crippen molar-refractivity contribution < 1.29 is 9.50 Å². The van der Waals surface area contributed by atoms with Gasteiger partial charge in [0.05, 0.1) is 17.6 Å². The summed E-state index contributed by atoms with van der Waals surface area (Å²) in [5.74, 6) is -0.288. The van der Waals surface area contributed by atoms with Crippen molar-refractivity contribution in [2.45, 2.75) is 0 Å². The lowest BCUT2D eigenvalue weighted by Crippen LogP contribution is -2.23. The molecule has 0 aliphatic rings. The zero-order valence-corrected chi connectivity index (χ0v) is 15.4. The summed E-state index contributed by atoms with van der Waals surface area (Å²) in [5.41, 5.74) is 4.99. The predicted octanol–water partition coefficient (Wildman–Crippen LogP) is 5.27. The molecule has 0 atom stereocenters. The van der Waals surface area contributed by atoms with Crippen molar-refractivity contribution >= 4 is 40.6 Å². The van der Waals surface area contributed by atoms with Crippen molar-refractivity contribution in [3.05, 3.63) is 84.2 Å². The van der Waals surface area contributed by atoms with Gasteiger partial charge in [-0.2, -0.15) is 15.3 Å². The Morgan fingerprint density at radius 2 is 1.64 bits per heavy atom. The van der Waals surface area contributed by atoms with Crippen molar-refractivity contribution in [2.75, 3.05) is 5.32 Å². The molecule has 0 heterocycles. The molecular weight excluding hydrogens is 377 g/mol. The number of hydrazone groups is 1. The van der Waals surface area contributed by atoms with Crippen LogP contribution in [0.2, 0.25) is 0 Å². The standard InChI is InChI=1S/C20H16FN5OS/c21-15-6-8-16(9-7-15)23-20(28)26-22-13-14-12-18(10-11-19(14)27)25-24-17-4-2-1-3-5-17/h1-13,27H,(H2,23,26,28)/b22-13+,25-24?. The first-order chi connectivity index (χ1) is 13.6. The maximum atomic E-state index is 12.9. The topological polar surface area (TPSA) is 81.4 Å². The largest absolute Gasteiger partial charge is 0.507 e. The summed E-state index contributed by atoms with van der Waals surface area (Å²) in [5, 5.41) is 25.3. The summed E-state index contributed by atoms with van der Waals surface area (Å²) < 4.78 is 12.9. The van der Waals surface area contributed by atoms with Gasteiger partial charge in [0.15, 0.2) is 5.11 Å². The third kappa shape index (κ3) is 5.68. The van der Waals surface area contributed by atoms with E-state index in [9.17, 15) is 9.50 Å². The first-order valence-electron chi connectivity index (χ1n) is 8.25. The van der Waals surface area contributed by atoms with Gasteiger partial charge < -0.3 is 10.4 Å². The first kappa shape index (κ1) is 19.1. The third-order valence-corrected chi connectivity index (χ3v) is 3.71. The number of azo groups is 1. The second-order valence-electron chi connectivity index (χ2n) is 5.61. The molecule has 0 spiro atoms. The Bertz CT molecular complexity index is 1010. The SMILES string of the molecule is Oc1ccc(N=Nc2ccccc2)cc1/C=N/NC(=S)Nc1ccc(F)cc1. The summed E-state index contributed by atoms with van der Waals surface area (Å²) in [7, 11) is 0. The predicted molar refractivity (Wildman–Crippen MR) is 112 cm³/mol. The van der Waals surface area contributed by atoms with Gasteiger partial charge in [0.2, 0.25) is 0 Å². The molecule has 28 heavy (non-hydrogen) atoms. The molecule has 0 saturated heterocycles. The van der Waals surface area contributed by atoms with E-state index in [1.54, 1.807) is 24.3 Å². The Kier molecular flexibility index (Phi) is 6.37. The van der Waals surface area contributed by atoms with Crippen LogP contribution in [0, 0.1) is 5.82 Å². The fourth-order valence-corrected chi connectivity index (χ4v) is 2.34. The van der Waals surface area contributed by atoms with Crippen LogP contribution >= 0.6 is 12.2 Å². The molecule has 0 bridgehead atoms. The van der Waals surface area contributed by atoms with E-state index in [1.807, 2.05) is 30.3 Å². The number of thiocarbonyl (C=S) groups is 1. The highest BCUT2D eigenvalue weighted by molar-refractivity contribution is 7.80. The molecule has 0 aliphatic carbocycles. The summed E-state index contributed by atoms with van der Waals surface area (Å²) in [6, 6.07) is 19.9. The van der Waals surface area contributed by atoms with Crippen LogP contribution in [0.3, 0.4) is 0 Å². The van der Waals surface area contributed by atoms with Gasteiger partial charge in [-0.25, -0.2) is 4.39 Å². The number of phenols is 1. The lowest BCUT2D eigenvalue weighted by atomic mass is 10.2. The number of phenolic OH excluding ortho intramolecular Hbond substituents is 1. The highest BCUT2D eigenvalue weighted by Crippen LogP contribution is 2.24. The monoisotopic (exact) mass is 393 g/mol. The first-order valence-corrected chi connectivity index (χ1v) is 8.66. The second kappa shape index (κ2) is 9.33. The molecule has 0 radical (unpaired) electrons. The zero-order chi connectivity index (χ0) is 19.8. The maximum absolute atomic E-state index is 12.9. The normalized spacial score (nSPS) is 11.0. The average Bonchev–Trinajstić information content (AvgIpc) is 2.71. The van der Waals surface area contributed by atoms with E-state index in [1.165, 1.54) is 24.4 Å². The van der Waals surface area contributed by atoms with Gasteiger partial charge in [-0.15, -0.1) is 0 Å². The van der Waals surface area contributed by atoms with Gasteiger partial charge in [-0.1, -0.05) is 18.2 Å². The van der Waals surface area contributed by atoms with Crippen LogP contribution < -0.4 is 10.7 Å². The van der Waals surface area contributed by atoms with E-state index >= 15 is 0 Å². The van der Waals surface area contributed by atoms with Crippen LogP contribution in [0.15, 0.2) is 88.1 Å². The second-order valence-corrected chi connectivity index (χ2v) is 6.02. The molecule has 3 aromatic rings. The molecule has 0 aliphatic heterocycles. The molecule has 0 unspecified atom stereocenters. The minimum absolute atomic E-state index is 0.0432. The van der Waals surface area contributed by atoms with Crippen LogP contribution in [-0.4, -0.2) is 16.4 Å². The fraction of sp³-hybridized carbons (Fsp3) is 0. The third-order valence-electron chi connectivity index (χ3n) is 3.52. The number of benzene rings is 3. The Labute approximate surface area is 166 Å². The van der Waals surface area contributed by atoms with Gasteiger partial charge in [0.25, 0.3) is 0 Å². The summed E-state index contributed by atoms with van der Waals surface area (Å²) in [6.45, 7) is 0. The number of nitrogens with zero attached hydrogens (tertiary/aromatic N) is 3. The smallest absolute Gasteiger partial charge is 0.191 e. The highest BCUT2D eigenvalue weighted by atomic mass is 32.1. The van der Waals surface area contributed by atoms with Crippen molar-refractivity contribution in [2.24, 2.45) is 15.3 Å². The summed E-state index contributed by atoms with van der Waals surface area (Å²) in [4.78, 5) is 0. The number of halogens is 1. The maximum Gasteiger partial charge on any atom is 0.191 e. The minimum atomic E-state index is -0.331. The lowest BCUT2D eigenvalue weighted by Gasteiger charge is -2.06. The summed E-state index contributed by atoms with van der Waals surface area (Å²) in [6.07, 6.45) is 1.41. The molecule has 8 heteroatoms. The van der Waals surface area contributed by atoms with Crippen molar-refractivity contribution in [3.63, 3.8) is 0 Å². The Hall–Kier alpha value is -3.65. The Balaban J connectivity index is 1.62. The molecular formula is C20H16FN5OS. The zero-order valence-electron chi connectivity index (χ0n) is 14.6. The van der Waals surface area contributed by atoms with E-state index < -0.39 is 0 Å². The molecule has 3 aromatic carbocycles. The average molecular weight is 393 g/mol. The number of anilines is 1. The number of nitrogens with one attached hydrogen (secondary N) is 2. The van der Waals surface area contributed by atoms with Gasteiger partial charge in [0.1, 0.15) is 11.6 Å². The van der Waals surface area contributed by atoms with Crippen molar-refractivity contribution in [1.82, 2.24) is 5.43 Å². The van der Waals surface area contributed by atoms with E-state index in [0.29, 0.717) is 16.9 Å². The van der Waals surface area contributed by atoms with Crippen LogP contribution in [-0.2, 0) is 0 Å². The number of hydrogen-bond acceptors (Lipinski definition) is 5. The molecule has 0 saturated carbocycles. The molecule has 3 rings (SSSR count). The van der Waals surface area contributed by atoms with Gasteiger partial charge in [-0.05, 0) is 66.8 Å². The molecule has 0 amide bonds. The van der Waals surface area contributed by atoms with Crippen molar-refractivity contribution in [3.8, 4) is 5.75 Å². The quantitative estimate of drug-likeness (QED) is 0.239. The molecule has 0 fully saturated rings. The van der Waals surface area contributed by atoms with Crippen LogP contribution in [0.4, 0.5) is 21.5 Å². The Morgan fingerprint density at radius 1 is 0.929 bits per heavy atom. The van der Waals surface area contributed by atoms with Crippen molar-refractivity contribution in [1.29, 1.82) is 0 Å². The number of rotatable bonds is 5. The van der Waals surface area contributed by atoms with Crippen LogP contribution in [0.5, 0.6) is 5.75 Å². The Morgan fingerprint density at radius 3 is 2.39 bits per heavy atom. The number of aromatic hydroxyl groups is 1. The molecule has 6 nitrogen and oxygen atoms in total. The highest BCUT2D eigenvalue weighted by Gasteiger charge is 2.01. The van der Waals surface area contributed by atoms with E-state index in [2.05, 4.69) is 26.1 Å². The van der Waals surface area contributed by atoms with E-state index in [4.69, 9.17) is 12.2 Å². The van der Waals surface area contributed by atoms with Gasteiger partial charge >= 0.3 is 0 Å². The molecule has 0 aromatic heterocycles. The van der Waals surface area contributed by atoms with Gasteiger partial charge in [-0.3, -0.25) is 5.43 Å². The fourth-order valence-electron chi connectivity index (χ4n) is 2.17. The molecule has 140 valence electrons. The van der Waals surface area contributed by atoms with Crippen LogP contribution in [0.1, 0.15) is 5.56 Å². The van der Waals surface area contributed by atoms with Gasteiger partial charge in [0, 0.05) is 11.3 Å². The van der Waals surface area contributed by atoms with E-state index in [0.717, 1.165) is 5.69 Å².